The molecule has 2 N–H and O–H groups in total. The molecule has 5 nitrogen and oxygen atoms in total. The summed E-state index contributed by atoms with van der Waals surface area (Å²) in [5, 5.41) is 17.4. The number of aliphatic hydroxyl groups excluding tert-OH is 2. The molecule has 12 heavy (non-hydrogen) atoms. The van der Waals surface area contributed by atoms with Crippen LogP contribution in [0.4, 0.5) is 0 Å². The fraction of sp³-hybridized carbons (Fsp3) is 1.00. The lowest BCUT2D eigenvalue weighted by Crippen LogP contribution is -2.36. The fourth-order valence-electron chi connectivity index (χ4n) is 0.769. The summed E-state index contributed by atoms with van der Waals surface area (Å²) in [6.45, 7) is 1.75. The van der Waals surface area contributed by atoms with Crippen molar-refractivity contribution >= 4 is 11.3 Å². The van der Waals surface area contributed by atoms with E-state index in [1.165, 1.54) is 0 Å². The van der Waals surface area contributed by atoms with Gasteiger partial charge in [0.1, 0.15) is 0 Å². The highest BCUT2D eigenvalue weighted by molar-refractivity contribution is 7.76. The van der Waals surface area contributed by atoms with Gasteiger partial charge in [-0.3, -0.25) is 4.21 Å². The minimum atomic E-state index is -2.31. The van der Waals surface area contributed by atoms with Crippen molar-refractivity contribution in [1.29, 1.82) is 0 Å². The number of rotatable bonds is 6. The van der Waals surface area contributed by atoms with Gasteiger partial charge in [-0.25, -0.2) is 4.31 Å². The Hall–Kier alpha value is -0.0100. The van der Waals surface area contributed by atoms with Gasteiger partial charge in [-0.2, -0.15) is 0 Å². The third kappa shape index (κ3) is 4.78. The first-order chi connectivity index (χ1) is 5.61. The SMILES string of the molecule is CCCN(CC(O)CO)S(=O)[O-]. The molecule has 0 amide bonds. The molecule has 0 fully saturated rings. The van der Waals surface area contributed by atoms with Crippen molar-refractivity contribution < 1.29 is 19.0 Å². The molecule has 0 aromatic rings. The topological polar surface area (TPSA) is 83.8 Å². The second kappa shape index (κ2) is 6.50. The molecule has 74 valence electrons. The molecule has 0 bridgehead atoms. The van der Waals surface area contributed by atoms with Crippen LogP contribution in [0.3, 0.4) is 0 Å². The molecule has 0 aliphatic rings. The lowest BCUT2D eigenvalue weighted by Gasteiger charge is -2.25. The molecule has 6 heteroatoms. The maximum atomic E-state index is 10.5. The number of nitrogens with zero attached hydrogens (tertiary/aromatic N) is 1. The first-order valence-corrected chi connectivity index (χ1v) is 4.78. The Balaban J connectivity index is 3.86. The summed E-state index contributed by atoms with van der Waals surface area (Å²) in [5.74, 6) is 0. The molecule has 0 saturated heterocycles. The van der Waals surface area contributed by atoms with Gasteiger partial charge < -0.3 is 14.8 Å². The van der Waals surface area contributed by atoms with E-state index in [2.05, 4.69) is 0 Å². The summed E-state index contributed by atoms with van der Waals surface area (Å²) in [7, 11) is 0. The van der Waals surface area contributed by atoms with Crippen LogP contribution < -0.4 is 0 Å². The molecule has 2 atom stereocenters. The Morgan fingerprint density at radius 3 is 2.58 bits per heavy atom. The van der Waals surface area contributed by atoms with Crippen LogP contribution in [-0.4, -0.2) is 49.1 Å². The highest BCUT2D eigenvalue weighted by atomic mass is 32.2. The average molecular weight is 196 g/mol. The summed E-state index contributed by atoms with van der Waals surface area (Å²) < 4.78 is 22.0. The monoisotopic (exact) mass is 196 g/mol. The zero-order valence-corrected chi connectivity index (χ0v) is 7.79. The second-order valence-electron chi connectivity index (χ2n) is 2.44. The van der Waals surface area contributed by atoms with Crippen molar-refractivity contribution in [1.82, 2.24) is 4.31 Å². The molecule has 0 aliphatic carbocycles. The van der Waals surface area contributed by atoms with Gasteiger partial charge in [-0.05, 0) is 6.42 Å². The Labute approximate surface area is 74.4 Å². The van der Waals surface area contributed by atoms with Crippen LogP contribution in [0.25, 0.3) is 0 Å². The van der Waals surface area contributed by atoms with Gasteiger partial charge in [0.2, 0.25) is 0 Å². The Kier molecular flexibility index (Phi) is 6.49. The quantitative estimate of drug-likeness (QED) is 0.525. The molecular weight excluding hydrogens is 182 g/mol. The first-order valence-electron chi connectivity index (χ1n) is 3.75. The predicted octanol–water partition coefficient (Wildman–Crippen LogP) is -1.15. The largest absolute Gasteiger partial charge is 0.760 e. The van der Waals surface area contributed by atoms with Crippen LogP contribution in [0.5, 0.6) is 0 Å². The van der Waals surface area contributed by atoms with Crippen LogP contribution in [0.1, 0.15) is 13.3 Å². The highest BCUT2D eigenvalue weighted by Gasteiger charge is 2.09. The lowest BCUT2D eigenvalue weighted by molar-refractivity contribution is 0.0782. The van der Waals surface area contributed by atoms with E-state index < -0.39 is 24.0 Å². The molecule has 0 aromatic heterocycles. The zero-order chi connectivity index (χ0) is 9.56. The summed E-state index contributed by atoms with van der Waals surface area (Å²) in [6, 6.07) is 0. The van der Waals surface area contributed by atoms with E-state index >= 15 is 0 Å². The van der Waals surface area contributed by atoms with Crippen LogP contribution in [0, 0.1) is 0 Å². The van der Waals surface area contributed by atoms with E-state index in [-0.39, 0.29) is 6.54 Å². The van der Waals surface area contributed by atoms with Crippen LogP contribution in [0.2, 0.25) is 0 Å². The minimum Gasteiger partial charge on any atom is -0.760 e. The summed E-state index contributed by atoms with van der Waals surface area (Å²) in [4.78, 5) is 0. The maximum Gasteiger partial charge on any atom is 0.0907 e. The van der Waals surface area contributed by atoms with Gasteiger partial charge in [0.05, 0.1) is 12.7 Å². The van der Waals surface area contributed by atoms with Crippen molar-refractivity contribution in [3.63, 3.8) is 0 Å². The van der Waals surface area contributed by atoms with Crippen LogP contribution in [0.15, 0.2) is 0 Å². The Morgan fingerprint density at radius 2 is 2.25 bits per heavy atom. The minimum absolute atomic E-state index is 0.0412. The molecule has 0 rings (SSSR count). The summed E-state index contributed by atoms with van der Waals surface area (Å²) in [5.41, 5.74) is 0. The average Bonchev–Trinajstić information content (AvgIpc) is 2.03. The molecule has 0 aliphatic heterocycles. The fourth-order valence-corrected chi connectivity index (χ4v) is 1.39. The van der Waals surface area contributed by atoms with E-state index in [1.54, 1.807) is 0 Å². The van der Waals surface area contributed by atoms with E-state index in [0.717, 1.165) is 4.31 Å². The normalized spacial score (nSPS) is 16.4. The van der Waals surface area contributed by atoms with Crippen molar-refractivity contribution in [2.24, 2.45) is 0 Å². The molecule has 0 saturated carbocycles. The number of aliphatic hydroxyl groups is 2. The zero-order valence-electron chi connectivity index (χ0n) is 6.97. The molecule has 0 radical (unpaired) electrons. The van der Waals surface area contributed by atoms with Crippen LogP contribution in [-0.2, 0) is 11.3 Å². The molecule has 0 spiro atoms. The second-order valence-corrected chi connectivity index (χ2v) is 3.39. The number of hydrogen-bond acceptors (Lipinski definition) is 4. The van der Waals surface area contributed by atoms with Gasteiger partial charge >= 0.3 is 0 Å². The van der Waals surface area contributed by atoms with E-state index in [4.69, 9.17) is 10.2 Å². The van der Waals surface area contributed by atoms with E-state index in [9.17, 15) is 8.76 Å². The van der Waals surface area contributed by atoms with Gasteiger partial charge in [-0.15, -0.1) is 0 Å². The first kappa shape index (κ1) is 12.0. The van der Waals surface area contributed by atoms with Crippen molar-refractivity contribution in [2.75, 3.05) is 19.7 Å². The van der Waals surface area contributed by atoms with Crippen molar-refractivity contribution in [3.05, 3.63) is 0 Å². The summed E-state index contributed by atoms with van der Waals surface area (Å²) in [6.07, 6.45) is -0.305. The van der Waals surface area contributed by atoms with E-state index in [1.807, 2.05) is 6.92 Å². The predicted molar refractivity (Wildman–Crippen MR) is 43.9 cm³/mol. The third-order valence-electron chi connectivity index (χ3n) is 1.31. The summed E-state index contributed by atoms with van der Waals surface area (Å²) >= 11 is -2.31. The number of hydrogen-bond donors (Lipinski definition) is 2. The van der Waals surface area contributed by atoms with Gasteiger partial charge in [0.15, 0.2) is 0 Å². The highest BCUT2D eigenvalue weighted by Crippen LogP contribution is 1.96. The molecule has 2 unspecified atom stereocenters. The molecule has 0 aromatic carbocycles. The molecular formula is C6H14NO4S-. The van der Waals surface area contributed by atoms with Crippen LogP contribution >= 0.6 is 0 Å². The standard InChI is InChI=1S/C6H15NO4S/c1-2-3-7(12(10)11)4-6(9)5-8/h6,8-9H,2-5H2,1H3,(H,10,11)/p-1. The van der Waals surface area contributed by atoms with E-state index in [0.29, 0.717) is 13.0 Å². The van der Waals surface area contributed by atoms with Gasteiger partial charge in [0, 0.05) is 24.4 Å². The smallest absolute Gasteiger partial charge is 0.0907 e. The Bertz CT molecular complexity index is 144. The van der Waals surface area contributed by atoms with Crippen molar-refractivity contribution in [3.8, 4) is 0 Å². The van der Waals surface area contributed by atoms with Crippen molar-refractivity contribution in [2.45, 2.75) is 19.4 Å². The third-order valence-corrected chi connectivity index (χ3v) is 2.06. The lowest BCUT2D eigenvalue weighted by atomic mass is 10.3. The van der Waals surface area contributed by atoms with Gasteiger partial charge in [0.25, 0.3) is 0 Å². The Morgan fingerprint density at radius 1 is 1.67 bits per heavy atom. The van der Waals surface area contributed by atoms with Gasteiger partial charge in [-0.1, -0.05) is 6.92 Å². The molecule has 0 heterocycles. The maximum absolute atomic E-state index is 10.5.